The summed E-state index contributed by atoms with van der Waals surface area (Å²) in [5.74, 6) is 0. The van der Waals surface area contributed by atoms with Crippen LogP contribution < -0.4 is 0 Å². The van der Waals surface area contributed by atoms with E-state index in [9.17, 15) is 9.13 Å². The van der Waals surface area contributed by atoms with E-state index in [4.69, 9.17) is 0 Å². The van der Waals surface area contributed by atoms with Crippen LogP contribution in [0.4, 0.5) is 0 Å². The Kier molecular flexibility index (Phi) is 2.36. The van der Waals surface area contributed by atoms with Crippen molar-refractivity contribution >= 4 is 18.4 Å². The van der Waals surface area contributed by atoms with Gasteiger partial charge in [0.2, 0.25) is 0 Å². The van der Waals surface area contributed by atoms with Gasteiger partial charge in [-0.15, -0.1) is 0 Å². The highest BCUT2D eigenvalue weighted by atomic mass is 31.1. The molecule has 0 aromatic carbocycles. The van der Waals surface area contributed by atoms with Crippen LogP contribution in [0.1, 0.15) is 0 Å². The van der Waals surface area contributed by atoms with Gasteiger partial charge in [0.1, 0.15) is 0 Å². The summed E-state index contributed by atoms with van der Waals surface area (Å²) in [7, 11) is -2.26. The second kappa shape index (κ2) is 2.32. The van der Waals surface area contributed by atoms with Crippen molar-refractivity contribution in [1.82, 2.24) is 0 Å². The van der Waals surface area contributed by atoms with Crippen molar-refractivity contribution in [3.8, 4) is 0 Å². The van der Waals surface area contributed by atoms with E-state index in [1.807, 2.05) is 0 Å². The average Bonchev–Trinajstić information content (AvgIpc) is 1.38. The minimum Gasteiger partial charge on any atom is -0.327 e. The summed E-state index contributed by atoms with van der Waals surface area (Å²) in [4.78, 5) is 0. The first-order valence-corrected chi connectivity index (χ1v) is 2.87. The third-order valence-electron chi connectivity index (χ3n) is 0.149. The Morgan fingerprint density at radius 3 is 1.80 bits per heavy atom. The Bertz CT molecular complexity index is 65.0. The van der Waals surface area contributed by atoms with Gasteiger partial charge in [-0.3, -0.25) is 0 Å². The highest BCUT2D eigenvalue weighted by molar-refractivity contribution is 7.25. The molecule has 5 heavy (non-hydrogen) atoms. The minimum absolute atomic E-state index is 0.277. The number of hydrogen-bond acceptors (Lipinski definition) is 3. The molecule has 0 spiro atoms. The molecule has 0 bridgehead atoms. The maximum atomic E-state index is 9.22. The first kappa shape index (κ1) is 5.08. The molecule has 0 unspecified atom stereocenters. The summed E-state index contributed by atoms with van der Waals surface area (Å²) in [5.41, 5.74) is 0. The van der Waals surface area contributed by atoms with E-state index in [1.54, 1.807) is 0 Å². The van der Waals surface area contributed by atoms with Crippen LogP contribution in [0.5, 0.6) is 0 Å². The van der Waals surface area contributed by atoms with E-state index in [2.05, 4.69) is 4.21 Å². The summed E-state index contributed by atoms with van der Waals surface area (Å²) < 4.78 is 22.3. The Balaban J connectivity index is 3.23. The fourth-order valence-electron chi connectivity index (χ4n) is 0. The topological polar surface area (TPSA) is 43.4 Å². The molecule has 0 radical (unpaired) electrons. The molecule has 0 aromatic rings. The Labute approximate surface area is 32.8 Å². The zero-order valence-electron chi connectivity index (χ0n) is 2.67. The van der Waals surface area contributed by atoms with Gasteiger partial charge in [0, 0.05) is 0 Å². The predicted molar refractivity (Wildman–Crippen MR) is 19.3 cm³/mol. The fraction of sp³-hybridized carbons (Fsp3) is 0. The largest absolute Gasteiger partial charge is 0.456 e. The van der Waals surface area contributed by atoms with Crippen molar-refractivity contribution in [2.24, 2.45) is 0 Å². The van der Waals surface area contributed by atoms with Crippen molar-refractivity contribution in [3.63, 3.8) is 0 Å². The van der Waals surface area contributed by atoms with E-state index < -0.39 is 7.91 Å². The van der Waals surface area contributed by atoms with Crippen molar-refractivity contribution in [2.75, 3.05) is 0 Å². The van der Waals surface area contributed by atoms with Crippen LogP contribution in [0.15, 0.2) is 0 Å². The number of hydrogen-bond donors (Lipinski definition) is 0. The summed E-state index contributed by atoms with van der Waals surface area (Å²) in [5, 5.41) is 0. The highest BCUT2D eigenvalue weighted by Gasteiger charge is 1.71. The summed E-state index contributed by atoms with van der Waals surface area (Å²) in [6.45, 7) is 0. The van der Waals surface area contributed by atoms with Crippen molar-refractivity contribution < 1.29 is 13.3 Å². The number of rotatable bonds is 1. The lowest BCUT2D eigenvalue weighted by molar-refractivity contribution is 0.452. The van der Waals surface area contributed by atoms with Gasteiger partial charge in [-0.25, -0.2) is 9.13 Å². The average molecular weight is 110 g/mol. The van der Waals surface area contributed by atoms with E-state index in [0.29, 0.717) is 0 Å². The molecule has 0 aromatic heterocycles. The highest BCUT2D eigenvalue weighted by Crippen LogP contribution is 1.97. The maximum absolute atomic E-state index is 9.22. The molecule has 0 amide bonds. The molecule has 0 fully saturated rings. The molecule has 0 saturated heterocycles. The monoisotopic (exact) mass is 110 g/mol. The van der Waals surface area contributed by atoms with Gasteiger partial charge in [-0.1, -0.05) is 0 Å². The summed E-state index contributed by atoms with van der Waals surface area (Å²) in [6, 6.07) is 0. The Hall–Kier alpha value is 0.0769. The lowest BCUT2D eigenvalue weighted by Gasteiger charge is -1.62. The molecule has 30 valence electrons. The van der Waals surface area contributed by atoms with Gasteiger partial charge in [0.15, 0.2) is 10.5 Å². The van der Waals surface area contributed by atoms with Crippen LogP contribution >= 0.6 is 7.91 Å². The van der Waals surface area contributed by atoms with Crippen LogP contribution in [0, 0.1) is 0 Å². The van der Waals surface area contributed by atoms with Gasteiger partial charge in [0.25, 0.3) is 0 Å². The van der Waals surface area contributed by atoms with Gasteiger partial charge in [-0.2, -0.15) is 0 Å². The van der Waals surface area contributed by atoms with E-state index in [0.717, 1.165) is 0 Å². The predicted octanol–water partition coefficient (Wildman–Crippen LogP) is -0.629. The molecule has 0 N–H and O–H groups in total. The smallest absolute Gasteiger partial charge is 0.327 e. The lowest BCUT2D eigenvalue weighted by atomic mass is 15.8. The summed E-state index contributed by atoms with van der Waals surface area (Å²) in [6.07, 6.45) is 0. The van der Waals surface area contributed by atoms with Crippen molar-refractivity contribution in [3.05, 3.63) is 0 Å². The van der Waals surface area contributed by atoms with Crippen LogP contribution in [-0.4, -0.2) is 10.5 Å². The molecular weight excluding hydrogens is 107 g/mol. The molecule has 0 aliphatic carbocycles. The maximum Gasteiger partial charge on any atom is 0.456 e. The molecule has 0 saturated carbocycles. The first-order chi connectivity index (χ1) is 2.27. The molecule has 5 heteroatoms. The van der Waals surface area contributed by atoms with Gasteiger partial charge in [-0.05, 0) is 0 Å². The van der Waals surface area contributed by atoms with Crippen LogP contribution in [-0.2, 0) is 13.3 Å². The second-order valence-corrected chi connectivity index (χ2v) is 2.31. The molecule has 3 nitrogen and oxygen atoms in total. The Morgan fingerprint density at radius 1 is 1.60 bits per heavy atom. The van der Waals surface area contributed by atoms with Gasteiger partial charge >= 0.3 is 7.91 Å². The third kappa shape index (κ3) is 4.08. The zero-order chi connectivity index (χ0) is 4.28. The third-order valence-corrected chi connectivity index (χ3v) is 1.34. The fourth-order valence-corrected chi connectivity index (χ4v) is 0. The molecule has 0 rings (SSSR count). The van der Waals surface area contributed by atoms with Crippen LogP contribution in [0.3, 0.4) is 0 Å². The summed E-state index contributed by atoms with van der Waals surface area (Å²) >= 11 is 0. The van der Waals surface area contributed by atoms with Crippen LogP contribution in [0.25, 0.3) is 0 Å². The molecule has 0 heterocycles. The SMILES string of the molecule is O=P(=O)O[SiH3]. The second-order valence-electron chi connectivity index (χ2n) is 0.406. The first-order valence-electron chi connectivity index (χ1n) is 0.956. The van der Waals surface area contributed by atoms with Gasteiger partial charge in [0.05, 0.1) is 0 Å². The molecule has 0 aliphatic heterocycles. The molecule has 0 aliphatic rings. The van der Waals surface area contributed by atoms with E-state index in [1.165, 1.54) is 0 Å². The standard InChI is InChI=1S/H3O3PSi/c1-4(2)3-5/h5H3. The molecule has 0 atom stereocenters. The van der Waals surface area contributed by atoms with E-state index in [-0.39, 0.29) is 10.5 Å². The normalized spacial score (nSPS) is 8.00. The van der Waals surface area contributed by atoms with Crippen molar-refractivity contribution in [1.29, 1.82) is 0 Å². The van der Waals surface area contributed by atoms with Crippen molar-refractivity contribution in [2.45, 2.75) is 0 Å². The van der Waals surface area contributed by atoms with E-state index >= 15 is 0 Å². The molecular formula is H3O3PSi. The lowest BCUT2D eigenvalue weighted by Crippen LogP contribution is -1.53. The van der Waals surface area contributed by atoms with Gasteiger partial charge < -0.3 is 4.21 Å². The minimum atomic E-state index is -2.54. The van der Waals surface area contributed by atoms with Crippen LogP contribution in [0.2, 0.25) is 0 Å². The Morgan fingerprint density at radius 2 is 1.80 bits per heavy atom. The zero-order valence-corrected chi connectivity index (χ0v) is 5.57. The quantitative estimate of drug-likeness (QED) is 0.333.